The van der Waals surface area contributed by atoms with E-state index in [0.29, 0.717) is 17.2 Å². The smallest absolute Gasteiger partial charge is 0.387 e. The molecule has 116 valence electrons. The van der Waals surface area contributed by atoms with Gasteiger partial charge < -0.3 is 15.4 Å². The maximum absolute atomic E-state index is 12.0. The summed E-state index contributed by atoms with van der Waals surface area (Å²) in [6, 6.07) is 5.65. The molecule has 1 fully saturated rings. The molecule has 0 spiro atoms. The van der Waals surface area contributed by atoms with E-state index in [2.05, 4.69) is 15.4 Å². The molecule has 1 aliphatic rings. The van der Waals surface area contributed by atoms with Crippen LogP contribution in [0, 0.1) is 0 Å². The lowest BCUT2D eigenvalue weighted by molar-refractivity contribution is -0.0498. The highest BCUT2D eigenvalue weighted by Crippen LogP contribution is 2.18. The standard InChI is InChI=1S/C12H14F2N2O3S2/c13-11(14)19-10-3-1-8(2-4-10)15-12(20)16-9-5-6-21(17,18)7-9/h1-4,9,11H,5-7H2,(H2,15,16,20)/t9-/m1/s1. The fourth-order valence-electron chi connectivity index (χ4n) is 1.98. The van der Waals surface area contributed by atoms with Crippen molar-refractivity contribution in [3.05, 3.63) is 24.3 Å². The van der Waals surface area contributed by atoms with Crippen molar-refractivity contribution >= 4 is 32.9 Å². The van der Waals surface area contributed by atoms with Crippen molar-refractivity contribution in [2.24, 2.45) is 0 Å². The molecule has 0 aliphatic carbocycles. The molecule has 0 unspecified atom stereocenters. The molecule has 2 rings (SSSR count). The summed E-state index contributed by atoms with van der Waals surface area (Å²) in [5.41, 5.74) is 0.593. The van der Waals surface area contributed by atoms with Gasteiger partial charge in [-0.25, -0.2) is 8.42 Å². The van der Waals surface area contributed by atoms with E-state index in [-0.39, 0.29) is 23.3 Å². The third kappa shape index (κ3) is 5.09. The molecule has 1 aromatic rings. The van der Waals surface area contributed by atoms with Gasteiger partial charge in [0, 0.05) is 11.7 Å². The second-order valence-electron chi connectivity index (χ2n) is 4.60. The number of benzene rings is 1. The molecule has 5 nitrogen and oxygen atoms in total. The van der Waals surface area contributed by atoms with Crippen molar-refractivity contribution in [1.82, 2.24) is 5.32 Å². The van der Waals surface area contributed by atoms with E-state index in [1.807, 2.05) is 0 Å². The Bertz CT molecular complexity index is 605. The van der Waals surface area contributed by atoms with Crippen molar-refractivity contribution in [3.8, 4) is 5.75 Å². The minimum absolute atomic E-state index is 0.0521. The molecule has 21 heavy (non-hydrogen) atoms. The largest absolute Gasteiger partial charge is 0.435 e. The summed E-state index contributed by atoms with van der Waals surface area (Å²) in [6.45, 7) is -2.86. The van der Waals surface area contributed by atoms with Gasteiger partial charge in [0.05, 0.1) is 11.5 Å². The quantitative estimate of drug-likeness (QED) is 0.817. The summed E-state index contributed by atoms with van der Waals surface area (Å²) >= 11 is 5.08. The summed E-state index contributed by atoms with van der Waals surface area (Å²) in [4.78, 5) is 0. The SMILES string of the molecule is O=S1(=O)CC[C@@H](NC(=S)Nc2ccc(OC(F)F)cc2)C1. The number of thiocarbonyl (C=S) groups is 1. The van der Waals surface area contributed by atoms with Crippen molar-refractivity contribution in [2.75, 3.05) is 16.8 Å². The highest BCUT2D eigenvalue weighted by Gasteiger charge is 2.28. The Morgan fingerprint density at radius 2 is 2.00 bits per heavy atom. The van der Waals surface area contributed by atoms with Gasteiger partial charge in [0.25, 0.3) is 0 Å². The predicted molar refractivity (Wildman–Crippen MR) is 79.5 cm³/mol. The van der Waals surface area contributed by atoms with Gasteiger partial charge in [0.2, 0.25) is 0 Å². The number of sulfone groups is 1. The third-order valence-corrected chi connectivity index (χ3v) is 4.89. The number of rotatable bonds is 4. The van der Waals surface area contributed by atoms with Gasteiger partial charge in [-0.15, -0.1) is 0 Å². The Kier molecular flexibility index (Phi) is 4.94. The molecule has 0 aromatic heterocycles. The van der Waals surface area contributed by atoms with Crippen LogP contribution in [0.4, 0.5) is 14.5 Å². The first-order valence-electron chi connectivity index (χ1n) is 6.17. The normalized spacial score (nSPS) is 20.2. The first-order valence-corrected chi connectivity index (χ1v) is 8.40. The Morgan fingerprint density at radius 3 is 2.52 bits per heavy atom. The van der Waals surface area contributed by atoms with Gasteiger partial charge in [-0.2, -0.15) is 8.78 Å². The van der Waals surface area contributed by atoms with Gasteiger partial charge >= 0.3 is 6.61 Å². The molecular weight excluding hydrogens is 322 g/mol. The molecule has 0 amide bonds. The second kappa shape index (κ2) is 6.52. The van der Waals surface area contributed by atoms with Gasteiger partial charge in [0.1, 0.15) is 5.75 Å². The Hall–Kier alpha value is -1.48. The monoisotopic (exact) mass is 336 g/mol. The first kappa shape index (κ1) is 15.9. The number of alkyl halides is 2. The van der Waals surface area contributed by atoms with E-state index in [1.165, 1.54) is 24.3 Å². The third-order valence-electron chi connectivity index (χ3n) is 2.91. The fourth-order valence-corrected chi connectivity index (χ4v) is 3.94. The summed E-state index contributed by atoms with van der Waals surface area (Å²) in [5, 5.41) is 6.07. The average Bonchev–Trinajstić information content (AvgIpc) is 2.70. The second-order valence-corrected chi connectivity index (χ2v) is 7.24. The molecule has 1 heterocycles. The molecule has 0 saturated carbocycles. The lowest BCUT2D eigenvalue weighted by atomic mass is 10.3. The lowest BCUT2D eigenvalue weighted by Crippen LogP contribution is -2.38. The van der Waals surface area contributed by atoms with Crippen molar-refractivity contribution < 1.29 is 21.9 Å². The molecule has 1 atom stereocenters. The van der Waals surface area contributed by atoms with Gasteiger partial charge in [0.15, 0.2) is 14.9 Å². The Morgan fingerprint density at radius 1 is 1.33 bits per heavy atom. The van der Waals surface area contributed by atoms with Crippen LogP contribution in [-0.2, 0) is 9.84 Å². The molecule has 2 N–H and O–H groups in total. The van der Waals surface area contributed by atoms with Gasteiger partial charge in [-0.1, -0.05) is 0 Å². The van der Waals surface area contributed by atoms with E-state index in [0.717, 1.165) is 0 Å². The van der Waals surface area contributed by atoms with Crippen LogP contribution in [0.25, 0.3) is 0 Å². The van der Waals surface area contributed by atoms with Crippen LogP contribution in [0.3, 0.4) is 0 Å². The van der Waals surface area contributed by atoms with Gasteiger partial charge in [-0.3, -0.25) is 0 Å². The number of hydrogen-bond acceptors (Lipinski definition) is 4. The number of nitrogens with one attached hydrogen (secondary N) is 2. The zero-order valence-electron chi connectivity index (χ0n) is 10.9. The maximum Gasteiger partial charge on any atom is 0.387 e. The molecule has 0 radical (unpaired) electrons. The van der Waals surface area contributed by atoms with E-state index in [1.54, 1.807) is 0 Å². The Balaban J connectivity index is 1.85. The maximum atomic E-state index is 12.0. The highest BCUT2D eigenvalue weighted by molar-refractivity contribution is 7.91. The van der Waals surface area contributed by atoms with E-state index in [4.69, 9.17) is 12.2 Å². The average molecular weight is 336 g/mol. The molecule has 0 bridgehead atoms. The molecular formula is C12H14F2N2O3S2. The minimum atomic E-state index is -2.97. The fraction of sp³-hybridized carbons (Fsp3) is 0.417. The van der Waals surface area contributed by atoms with Crippen molar-refractivity contribution in [1.29, 1.82) is 0 Å². The van der Waals surface area contributed by atoms with E-state index >= 15 is 0 Å². The van der Waals surface area contributed by atoms with Gasteiger partial charge in [-0.05, 0) is 42.9 Å². The topological polar surface area (TPSA) is 67.4 Å². The number of hydrogen-bond donors (Lipinski definition) is 2. The molecule has 1 aromatic carbocycles. The number of halogens is 2. The predicted octanol–water partition coefficient (Wildman–Crippen LogP) is 1.76. The zero-order chi connectivity index (χ0) is 15.5. The van der Waals surface area contributed by atoms with Crippen molar-refractivity contribution in [2.45, 2.75) is 19.1 Å². The highest BCUT2D eigenvalue weighted by atomic mass is 32.2. The van der Waals surface area contributed by atoms with Crippen LogP contribution in [0.15, 0.2) is 24.3 Å². The van der Waals surface area contributed by atoms with Crippen LogP contribution in [0.1, 0.15) is 6.42 Å². The Labute approximate surface area is 126 Å². The van der Waals surface area contributed by atoms with Crippen LogP contribution in [0.5, 0.6) is 5.75 Å². The summed E-state index contributed by atoms with van der Waals surface area (Å²) < 4.78 is 50.9. The van der Waals surface area contributed by atoms with Crippen LogP contribution < -0.4 is 15.4 Å². The van der Waals surface area contributed by atoms with E-state index < -0.39 is 16.4 Å². The summed E-state index contributed by atoms with van der Waals surface area (Å²) in [6.07, 6.45) is 0.519. The van der Waals surface area contributed by atoms with Crippen LogP contribution in [-0.4, -0.2) is 37.7 Å². The first-order chi connectivity index (χ1) is 9.84. The number of anilines is 1. The lowest BCUT2D eigenvalue weighted by Gasteiger charge is -2.15. The number of ether oxygens (including phenoxy) is 1. The summed E-state index contributed by atoms with van der Waals surface area (Å²) in [5.74, 6) is 0.277. The van der Waals surface area contributed by atoms with Crippen LogP contribution in [0.2, 0.25) is 0 Å². The molecule has 9 heteroatoms. The van der Waals surface area contributed by atoms with Crippen LogP contribution >= 0.6 is 12.2 Å². The van der Waals surface area contributed by atoms with E-state index in [9.17, 15) is 17.2 Å². The summed E-state index contributed by atoms with van der Waals surface area (Å²) in [7, 11) is -2.97. The zero-order valence-corrected chi connectivity index (χ0v) is 12.5. The molecule has 1 saturated heterocycles. The van der Waals surface area contributed by atoms with Crippen molar-refractivity contribution in [3.63, 3.8) is 0 Å². The minimum Gasteiger partial charge on any atom is -0.435 e. The molecule has 1 aliphatic heterocycles.